The Bertz CT molecular complexity index is 956. The number of fused-ring (bicyclic) bond motifs is 5. The molecule has 1 saturated heterocycles. The van der Waals surface area contributed by atoms with Gasteiger partial charge in [-0.1, -0.05) is 13.8 Å². The van der Waals surface area contributed by atoms with Crippen LogP contribution in [0.1, 0.15) is 91.4 Å². The highest BCUT2D eigenvalue weighted by atomic mass is 16.2. The maximum atomic E-state index is 13.9. The van der Waals surface area contributed by atoms with E-state index in [-0.39, 0.29) is 16.7 Å². The molecule has 7 fully saturated rings. The summed E-state index contributed by atoms with van der Waals surface area (Å²) in [4.78, 5) is 28.9. The number of carbonyl (C=O) groups excluding carboxylic acids is 2. The molecule has 192 valence electrons. The second-order valence-corrected chi connectivity index (χ2v) is 14.7. The molecule has 0 aromatic heterocycles. The van der Waals surface area contributed by atoms with Gasteiger partial charge in [-0.2, -0.15) is 0 Å². The summed E-state index contributed by atoms with van der Waals surface area (Å²) in [6.45, 7) is 8.06. The highest BCUT2D eigenvalue weighted by molar-refractivity contribution is 5.96. The second kappa shape index (κ2) is 7.60. The topological polar surface area (TPSA) is 49.4 Å². The van der Waals surface area contributed by atoms with E-state index in [2.05, 4.69) is 38.0 Å². The third-order valence-electron chi connectivity index (χ3n) is 13.2. The molecule has 8 aliphatic rings. The Hall–Kier alpha value is -1.32. The first-order chi connectivity index (χ1) is 16.7. The normalized spacial score (nSPS) is 52.3. The number of Topliss-reactive ketones (excluding diaryl/α,β-unsaturated/α-hetero) is 1. The predicted octanol–water partition coefficient (Wildman–Crippen LogP) is 5.57. The molecule has 4 heteroatoms. The van der Waals surface area contributed by atoms with Crippen LogP contribution in [-0.2, 0) is 9.59 Å². The standard InChI is InChI=1S/C31H46N2O2/c1-17-26(34)8-10-31(3)24-7-9-30(2)23(22(24)16-33(4)28(17)31)5-6-25(30)29(35)32-27-20-12-18-11-19(14-20)15-21(27)13-18/h18-25,27H,5-16H2,1-4H3,(H,32,35)/t18?,19?,20?,21?,22-,23-,24-,25+,27?,30-,31+/m0/s1. The van der Waals surface area contributed by atoms with Crippen molar-refractivity contribution in [2.45, 2.75) is 97.4 Å². The fourth-order valence-electron chi connectivity index (χ4n) is 11.9. The molecule has 4 bridgehead atoms. The highest BCUT2D eigenvalue weighted by Crippen LogP contribution is 2.66. The number of likely N-dealkylation sites (tertiary alicyclic amines) is 1. The highest BCUT2D eigenvalue weighted by Gasteiger charge is 2.62. The lowest BCUT2D eigenvalue weighted by molar-refractivity contribution is -0.137. The Morgan fingerprint density at radius 1 is 0.943 bits per heavy atom. The summed E-state index contributed by atoms with van der Waals surface area (Å²) in [5.41, 5.74) is 2.62. The van der Waals surface area contributed by atoms with Gasteiger partial charge in [-0.05, 0) is 118 Å². The monoisotopic (exact) mass is 478 g/mol. The Kier molecular flexibility index (Phi) is 4.96. The minimum absolute atomic E-state index is 0.123. The van der Waals surface area contributed by atoms with Gasteiger partial charge in [0.1, 0.15) is 0 Å². The zero-order chi connectivity index (χ0) is 24.3. The summed E-state index contributed by atoms with van der Waals surface area (Å²) in [5.74, 6) is 6.30. The molecule has 1 heterocycles. The van der Waals surface area contributed by atoms with Crippen molar-refractivity contribution in [3.63, 3.8) is 0 Å². The SMILES string of the molecule is CC1=C2N(C)C[C@H]3[C@@H]4CC[C@H](C(=O)NC5C6CC7CC(C6)CC5C7)[C@@]4(C)CC[C@@H]3[C@@]2(C)CCC1=O. The van der Waals surface area contributed by atoms with Gasteiger partial charge in [0.05, 0.1) is 0 Å². The van der Waals surface area contributed by atoms with Gasteiger partial charge in [0, 0.05) is 48.7 Å². The van der Waals surface area contributed by atoms with Gasteiger partial charge in [-0.3, -0.25) is 9.59 Å². The van der Waals surface area contributed by atoms with E-state index in [1.807, 2.05) is 0 Å². The minimum atomic E-state index is 0.123. The maximum absolute atomic E-state index is 13.9. The van der Waals surface area contributed by atoms with Crippen LogP contribution in [0.25, 0.3) is 0 Å². The molecule has 0 spiro atoms. The van der Waals surface area contributed by atoms with Gasteiger partial charge < -0.3 is 10.2 Å². The molecular weight excluding hydrogens is 432 g/mol. The number of ketones is 1. The van der Waals surface area contributed by atoms with Crippen LogP contribution in [0.5, 0.6) is 0 Å². The average Bonchev–Trinajstić information content (AvgIpc) is 3.16. The van der Waals surface area contributed by atoms with Crippen LogP contribution in [0.2, 0.25) is 0 Å². The first-order valence-electron chi connectivity index (χ1n) is 14.9. The van der Waals surface area contributed by atoms with Crippen LogP contribution >= 0.6 is 0 Å². The fraction of sp³-hybridized carbons (Fsp3) is 0.871. The molecule has 8 rings (SSSR count). The second-order valence-electron chi connectivity index (χ2n) is 14.7. The number of carbonyl (C=O) groups is 2. The van der Waals surface area contributed by atoms with Crippen molar-refractivity contribution >= 4 is 11.7 Å². The number of nitrogens with zero attached hydrogens (tertiary/aromatic N) is 1. The third kappa shape index (κ3) is 3.10. The molecule has 6 saturated carbocycles. The Morgan fingerprint density at radius 3 is 2.31 bits per heavy atom. The number of piperidine rings is 1. The smallest absolute Gasteiger partial charge is 0.223 e. The van der Waals surface area contributed by atoms with Crippen LogP contribution in [0.4, 0.5) is 0 Å². The maximum Gasteiger partial charge on any atom is 0.223 e. The average molecular weight is 479 g/mol. The summed E-state index contributed by atoms with van der Waals surface area (Å²) in [6.07, 6.45) is 13.3. The van der Waals surface area contributed by atoms with E-state index in [1.165, 1.54) is 57.1 Å². The van der Waals surface area contributed by atoms with E-state index in [0.717, 1.165) is 48.6 Å². The molecule has 1 aliphatic heterocycles. The van der Waals surface area contributed by atoms with E-state index >= 15 is 0 Å². The number of hydrogen-bond acceptors (Lipinski definition) is 3. The number of rotatable bonds is 2. The van der Waals surface area contributed by atoms with Gasteiger partial charge in [-0.25, -0.2) is 0 Å². The molecule has 0 aromatic rings. The summed E-state index contributed by atoms with van der Waals surface area (Å²) in [6, 6.07) is 0.462. The van der Waals surface area contributed by atoms with E-state index in [4.69, 9.17) is 0 Å². The minimum Gasteiger partial charge on any atom is -0.377 e. The van der Waals surface area contributed by atoms with Crippen LogP contribution in [0.3, 0.4) is 0 Å². The summed E-state index contributed by atoms with van der Waals surface area (Å²) in [7, 11) is 2.23. The fourth-order valence-corrected chi connectivity index (χ4v) is 11.9. The zero-order valence-electron chi connectivity index (χ0n) is 22.4. The lowest BCUT2D eigenvalue weighted by Gasteiger charge is -2.60. The van der Waals surface area contributed by atoms with Crippen molar-refractivity contribution in [1.29, 1.82) is 0 Å². The first kappa shape index (κ1) is 22.8. The van der Waals surface area contributed by atoms with E-state index in [9.17, 15) is 9.59 Å². The van der Waals surface area contributed by atoms with Gasteiger partial charge in [0.25, 0.3) is 0 Å². The molecule has 0 radical (unpaired) electrons. The summed E-state index contributed by atoms with van der Waals surface area (Å²) >= 11 is 0. The number of hydrogen-bond donors (Lipinski definition) is 1. The van der Waals surface area contributed by atoms with E-state index < -0.39 is 0 Å². The number of amides is 1. The molecule has 35 heavy (non-hydrogen) atoms. The lowest BCUT2D eigenvalue weighted by Crippen LogP contribution is -2.59. The van der Waals surface area contributed by atoms with E-state index in [0.29, 0.717) is 41.9 Å². The molecule has 1 N–H and O–H groups in total. The molecule has 1 amide bonds. The van der Waals surface area contributed by atoms with Crippen LogP contribution in [0, 0.1) is 58.2 Å². The third-order valence-corrected chi connectivity index (χ3v) is 13.2. The predicted molar refractivity (Wildman–Crippen MR) is 137 cm³/mol. The molecule has 0 unspecified atom stereocenters. The van der Waals surface area contributed by atoms with Gasteiger partial charge in [0.2, 0.25) is 5.91 Å². The van der Waals surface area contributed by atoms with Crippen LogP contribution < -0.4 is 5.32 Å². The lowest BCUT2D eigenvalue weighted by atomic mass is 9.49. The Morgan fingerprint density at radius 2 is 1.63 bits per heavy atom. The first-order valence-corrected chi connectivity index (χ1v) is 14.9. The molecule has 4 nitrogen and oxygen atoms in total. The van der Waals surface area contributed by atoms with Crippen molar-refractivity contribution in [3.8, 4) is 0 Å². The molecule has 6 atom stereocenters. The Labute approximate surface area is 212 Å². The summed E-state index contributed by atoms with van der Waals surface area (Å²) in [5, 5.41) is 3.71. The van der Waals surface area contributed by atoms with Crippen molar-refractivity contribution < 1.29 is 9.59 Å². The largest absolute Gasteiger partial charge is 0.377 e. The van der Waals surface area contributed by atoms with Crippen LogP contribution in [-0.4, -0.2) is 36.2 Å². The molecule has 0 aromatic carbocycles. The Balaban J connectivity index is 1.12. The zero-order valence-corrected chi connectivity index (χ0v) is 22.4. The molecular formula is C31H46N2O2. The van der Waals surface area contributed by atoms with Crippen molar-refractivity contribution in [1.82, 2.24) is 10.2 Å². The van der Waals surface area contributed by atoms with Crippen molar-refractivity contribution in [2.24, 2.45) is 58.2 Å². The number of nitrogens with one attached hydrogen (secondary N) is 1. The van der Waals surface area contributed by atoms with Gasteiger partial charge in [0.15, 0.2) is 5.78 Å². The van der Waals surface area contributed by atoms with Gasteiger partial charge >= 0.3 is 0 Å². The van der Waals surface area contributed by atoms with Gasteiger partial charge in [-0.15, -0.1) is 0 Å². The summed E-state index contributed by atoms with van der Waals surface area (Å²) < 4.78 is 0. The van der Waals surface area contributed by atoms with E-state index in [1.54, 1.807) is 0 Å². The van der Waals surface area contributed by atoms with Crippen molar-refractivity contribution in [2.75, 3.05) is 13.6 Å². The molecule has 7 aliphatic carbocycles. The van der Waals surface area contributed by atoms with Crippen molar-refractivity contribution in [3.05, 3.63) is 11.3 Å². The number of allylic oxidation sites excluding steroid dienone is 2. The quantitative estimate of drug-likeness (QED) is 0.564. The van der Waals surface area contributed by atoms with Crippen LogP contribution in [0.15, 0.2) is 11.3 Å².